The maximum Gasteiger partial charge on any atom is 0.0873 e. The van der Waals surface area contributed by atoms with Gasteiger partial charge in [0.05, 0.1) is 12.9 Å². The van der Waals surface area contributed by atoms with Crippen LogP contribution in [0.4, 0.5) is 0 Å². The number of rotatable bonds is 9. The predicted molar refractivity (Wildman–Crippen MR) is 54.0 cm³/mol. The third kappa shape index (κ3) is 9.28. The van der Waals surface area contributed by atoms with Gasteiger partial charge in [0.1, 0.15) is 0 Å². The summed E-state index contributed by atoms with van der Waals surface area (Å²) in [5.41, 5.74) is 0. The van der Waals surface area contributed by atoms with E-state index in [1.807, 2.05) is 6.08 Å². The zero-order valence-corrected chi connectivity index (χ0v) is 7.93. The van der Waals surface area contributed by atoms with E-state index in [0.29, 0.717) is 0 Å². The molecule has 0 bridgehead atoms. The molecule has 0 heterocycles. The smallest absolute Gasteiger partial charge is 0.0873 e. The number of ether oxygens (including phenoxy) is 1. The topological polar surface area (TPSA) is 9.23 Å². The van der Waals surface area contributed by atoms with Gasteiger partial charge in [0, 0.05) is 0 Å². The van der Waals surface area contributed by atoms with E-state index in [1.165, 1.54) is 31.9 Å². The van der Waals surface area contributed by atoms with Crippen molar-refractivity contribution in [3.63, 3.8) is 0 Å². The largest absolute Gasteiger partial charge is 0.502 e. The molecule has 0 aliphatic rings. The molecule has 0 saturated heterocycles. The average molecular weight is 168 g/mol. The molecule has 0 unspecified atom stereocenters. The van der Waals surface area contributed by atoms with E-state index >= 15 is 0 Å². The van der Waals surface area contributed by atoms with Crippen molar-refractivity contribution < 1.29 is 4.74 Å². The Hall–Kier alpha value is -0.720. The second-order valence-corrected chi connectivity index (χ2v) is 2.88. The summed E-state index contributed by atoms with van der Waals surface area (Å²) in [6.45, 7) is 8.00. The first-order valence-corrected chi connectivity index (χ1v) is 4.75. The van der Waals surface area contributed by atoms with Crippen LogP contribution in [0.15, 0.2) is 25.5 Å². The predicted octanol–water partition coefficient (Wildman–Crippen LogP) is 3.67. The molecule has 1 heteroatoms. The molecular weight excluding hydrogens is 148 g/mol. The first-order valence-electron chi connectivity index (χ1n) is 4.75. The van der Waals surface area contributed by atoms with E-state index in [9.17, 15) is 0 Å². The molecule has 0 aromatic carbocycles. The molecule has 0 aliphatic heterocycles. The van der Waals surface area contributed by atoms with E-state index in [1.54, 1.807) is 0 Å². The van der Waals surface area contributed by atoms with Gasteiger partial charge in [0.25, 0.3) is 0 Å². The Morgan fingerprint density at radius 1 is 0.917 bits per heavy atom. The van der Waals surface area contributed by atoms with Crippen LogP contribution in [0.2, 0.25) is 0 Å². The minimum atomic E-state index is 0.824. The summed E-state index contributed by atoms with van der Waals surface area (Å²) in [7, 11) is 0. The maximum absolute atomic E-state index is 5.01. The van der Waals surface area contributed by atoms with Crippen LogP contribution in [0.3, 0.4) is 0 Å². The van der Waals surface area contributed by atoms with Gasteiger partial charge in [-0.3, -0.25) is 0 Å². The lowest BCUT2D eigenvalue weighted by atomic mass is 10.1. The molecule has 12 heavy (non-hydrogen) atoms. The molecule has 0 aliphatic carbocycles. The van der Waals surface area contributed by atoms with Gasteiger partial charge in [0.2, 0.25) is 0 Å². The van der Waals surface area contributed by atoms with Gasteiger partial charge in [0.15, 0.2) is 0 Å². The van der Waals surface area contributed by atoms with Crippen molar-refractivity contribution in [1.82, 2.24) is 0 Å². The minimum absolute atomic E-state index is 0.824. The first kappa shape index (κ1) is 11.3. The van der Waals surface area contributed by atoms with Gasteiger partial charge in [-0.25, -0.2) is 0 Å². The Labute approximate surface area is 76.1 Å². The lowest BCUT2D eigenvalue weighted by Gasteiger charge is -2.00. The lowest BCUT2D eigenvalue weighted by Crippen LogP contribution is -1.87. The van der Waals surface area contributed by atoms with Crippen LogP contribution in [0, 0.1) is 0 Å². The molecule has 0 spiro atoms. The molecule has 1 nitrogen and oxygen atoms in total. The van der Waals surface area contributed by atoms with Crippen molar-refractivity contribution in [3.8, 4) is 0 Å². The molecule has 0 aromatic heterocycles. The zero-order chi connectivity index (χ0) is 9.07. The van der Waals surface area contributed by atoms with Gasteiger partial charge < -0.3 is 4.74 Å². The third-order valence-electron chi connectivity index (χ3n) is 1.79. The Kier molecular flexibility index (Phi) is 9.66. The summed E-state index contributed by atoms with van der Waals surface area (Å²) in [5.74, 6) is 0. The Morgan fingerprint density at radius 3 is 2.25 bits per heavy atom. The fraction of sp³-hybridized carbons (Fsp3) is 0.636. The number of hydrogen-bond donors (Lipinski definition) is 0. The number of hydrogen-bond acceptors (Lipinski definition) is 1. The van der Waals surface area contributed by atoms with Crippen LogP contribution in [0.1, 0.15) is 38.5 Å². The number of allylic oxidation sites excluding steroid dienone is 1. The standard InChI is InChI=1S/C11H20O/c1-3-5-6-7-8-9-10-11-12-4-2/h3-4H,1-2,5-11H2. The zero-order valence-electron chi connectivity index (χ0n) is 7.93. The van der Waals surface area contributed by atoms with Crippen molar-refractivity contribution in [3.05, 3.63) is 25.5 Å². The summed E-state index contributed by atoms with van der Waals surface area (Å²) >= 11 is 0. The molecule has 0 radical (unpaired) electrons. The Morgan fingerprint density at radius 2 is 1.58 bits per heavy atom. The van der Waals surface area contributed by atoms with E-state index in [0.717, 1.165) is 19.4 Å². The highest BCUT2D eigenvalue weighted by molar-refractivity contribution is 4.65. The summed E-state index contributed by atoms with van der Waals surface area (Å²) in [5, 5.41) is 0. The Bertz CT molecular complexity index is 93.6. The van der Waals surface area contributed by atoms with Gasteiger partial charge in [-0.15, -0.1) is 6.58 Å². The molecule has 0 N–H and O–H groups in total. The van der Waals surface area contributed by atoms with Gasteiger partial charge in [-0.1, -0.05) is 31.9 Å². The van der Waals surface area contributed by atoms with Crippen molar-refractivity contribution in [2.24, 2.45) is 0 Å². The lowest BCUT2D eigenvalue weighted by molar-refractivity contribution is 0.241. The molecule has 0 aromatic rings. The highest BCUT2D eigenvalue weighted by Gasteiger charge is 1.88. The molecule has 0 amide bonds. The van der Waals surface area contributed by atoms with E-state index in [4.69, 9.17) is 4.74 Å². The van der Waals surface area contributed by atoms with E-state index in [-0.39, 0.29) is 0 Å². The van der Waals surface area contributed by atoms with Crippen LogP contribution in [0.25, 0.3) is 0 Å². The molecule has 0 saturated carbocycles. The van der Waals surface area contributed by atoms with Crippen molar-refractivity contribution in [2.75, 3.05) is 6.61 Å². The first-order chi connectivity index (χ1) is 5.91. The highest BCUT2D eigenvalue weighted by Crippen LogP contribution is 2.05. The van der Waals surface area contributed by atoms with Crippen LogP contribution >= 0.6 is 0 Å². The second-order valence-electron chi connectivity index (χ2n) is 2.88. The summed E-state index contributed by atoms with van der Waals surface area (Å²) in [6.07, 6.45) is 11.0. The number of unbranched alkanes of at least 4 members (excludes halogenated alkanes) is 5. The molecule has 0 atom stereocenters. The summed E-state index contributed by atoms with van der Waals surface area (Å²) in [4.78, 5) is 0. The van der Waals surface area contributed by atoms with E-state index < -0.39 is 0 Å². The van der Waals surface area contributed by atoms with Crippen LogP contribution in [-0.4, -0.2) is 6.61 Å². The SMILES string of the molecule is C=CCCCCCCCOC=C. The van der Waals surface area contributed by atoms with Crippen LogP contribution in [-0.2, 0) is 4.74 Å². The van der Waals surface area contributed by atoms with Crippen LogP contribution < -0.4 is 0 Å². The quantitative estimate of drug-likeness (QED) is 0.290. The highest BCUT2D eigenvalue weighted by atomic mass is 16.5. The van der Waals surface area contributed by atoms with Crippen LogP contribution in [0.5, 0.6) is 0 Å². The fourth-order valence-electron chi connectivity index (χ4n) is 1.09. The Balaban J connectivity index is 2.81. The van der Waals surface area contributed by atoms with Gasteiger partial charge >= 0.3 is 0 Å². The van der Waals surface area contributed by atoms with Crippen molar-refractivity contribution >= 4 is 0 Å². The second kappa shape index (κ2) is 10.3. The molecule has 0 rings (SSSR count). The van der Waals surface area contributed by atoms with Gasteiger partial charge in [-0.05, 0) is 19.3 Å². The maximum atomic E-state index is 5.01. The van der Waals surface area contributed by atoms with Crippen molar-refractivity contribution in [1.29, 1.82) is 0 Å². The molecule has 70 valence electrons. The third-order valence-corrected chi connectivity index (χ3v) is 1.79. The van der Waals surface area contributed by atoms with E-state index in [2.05, 4.69) is 13.2 Å². The average Bonchev–Trinajstić information content (AvgIpc) is 2.10. The van der Waals surface area contributed by atoms with Crippen molar-refractivity contribution in [2.45, 2.75) is 38.5 Å². The fourth-order valence-corrected chi connectivity index (χ4v) is 1.09. The summed E-state index contributed by atoms with van der Waals surface area (Å²) in [6, 6.07) is 0. The minimum Gasteiger partial charge on any atom is -0.502 e. The summed E-state index contributed by atoms with van der Waals surface area (Å²) < 4.78 is 5.01. The molecule has 0 fully saturated rings. The normalized spacial score (nSPS) is 9.33. The monoisotopic (exact) mass is 168 g/mol. The van der Waals surface area contributed by atoms with Gasteiger partial charge in [-0.2, -0.15) is 0 Å². The molecular formula is C11H20O.